The highest BCUT2D eigenvalue weighted by molar-refractivity contribution is 7.78. The number of unbranched alkanes of at least 4 members (excludes halogenated alkanes) is 5. The van der Waals surface area contributed by atoms with E-state index in [2.05, 4.69) is 29.2 Å². The van der Waals surface area contributed by atoms with Crippen LogP contribution < -0.4 is 4.74 Å². The third kappa shape index (κ3) is 7.43. The van der Waals surface area contributed by atoms with E-state index in [9.17, 15) is 0 Å². The van der Waals surface area contributed by atoms with Gasteiger partial charge >= 0.3 is 0 Å². The Morgan fingerprint density at radius 1 is 0.903 bits per heavy atom. The van der Waals surface area contributed by atoms with Crippen molar-refractivity contribution in [2.75, 3.05) is 7.11 Å². The molecule has 172 valence electrons. The molecular formula is C28H43NOS. The van der Waals surface area contributed by atoms with Gasteiger partial charge in [0, 0.05) is 0 Å². The molecule has 0 unspecified atom stereocenters. The van der Waals surface area contributed by atoms with Crippen molar-refractivity contribution in [3.05, 3.63) is 23.8 Å². The number of ether oxygens (including phenoxy) is 1. The van der Waals surface area contributed by atoms with Crippen molar-refractivity contribution < 1.29 is 4.74 Å². The minimum atomic E-state index is 0.666. The van der Waals surface area contributed by atoms with Gasteiger partial charge in [0.1, 0.15) is 11.4 Å². The number of benzene rings is 1. The molecule has 3 heteroatoms. The molecule has 0 spiro atoms. The molecule has 0 atom stereocenters. The molecule has 0 N–H and O–H groups in total. The summed E-state index contributed by atoms with van der Waals surface area (Å²) in [7, 11) is 1.71. The molecule has 2 aliphatic carbocycles. The summed E-state index contributed by atoms with van der Waals surface area (Å²) in [6.07, 6.45) is 21.6. The van der Waals surface area contributed by atoms with Crippen molar-refractivity contribution >= 4 is 23.1 Å². The van der Waals surface area contributed by atoms with Crippen LogP contribution in [0.5, 0.6) is 5.75 Å². The van der Waals surface area contributed by atoms with Crippen molar-refractivity contribution in [3.63, 3.8) is 0 Å². The fourth-order valence-electron chi connectivity index (χ4n) is 6.18. The van der Waals surface area contributed by atoms with Gasteiger partial charge in [-0.2, -0.15) is 4.99 Å². The summed E-state index contributed by atoms with van der Waals surface area (Å²) < 4.78 is 5.53. The first-order valence-corrected chi connectivity index (χ1v) is 13.4. The number of aliphatic imine (C=N–C) groups is 1. The molecule has 31 heavy (non-hydrogen) atoms. The number of methoxy groups -OCH3 is 1. The Bertz CT molecular complexity index is 695. The SMILES string of the molecule is CCCCCCCCC1CCC(C2CCC(c3ccc(N=C=S)c(OC)c3)CC2)CC1. The fourth-order valence-corrected chi connectivity index (χ4v) is 6.27. The van der Waals surface area contributed by atoms with E-state index in [1.165, 1.54) is 102 Å². The fraction of sp³-hybridized carbons (Fsp3) is 0.750. The molecule has 0 aliphatic heterocycles. The highest BCUT2D eigenvalue weighted by Crippen LogP contribution is 2.45. The van der Waals surface area contributed by atoms with Gasteiger partial charge in [-0.3, -0.25) is 0 Å². The molecule has 2 aliphatic rings. The summed E-state index contributed by atoms with van der Waals surface area (Å²) in [5.41, 5.74) is 2.19. The highest BCUT2D eigenvalue weighted by Gasteiger charge is 2.31. The predicted octanol–water partition coefficient (Wildman–Crippen LogP) is 9.26. The molecule has 0 saturated heterocycles. The van der Waals surface area contributed by atoms with Crippen LogP contribution in [0, 0.1) is 17.8 Å². The first kappa shape index (κ1) is 24.5. The van der Waals surface area contributed by atoms with Gasteiger partial charge in [-0.05, 0) is 92.1 Å². The summed E-state index contributed by atoms with van der Waals surface area (Å²) in [6, 6.07) is 6.42. The van der Waals surface area contributed by atoms with E-state index in [-0.39, 0.29) is 0 Å². The predicted molar refractivity (Wildman–Crippen MR) is 136 cm³/mol. The smallest absolute Gasteiger partial charge is 0.145 e. The lowest BCUT2D eigenvalue weighted by atomic mass is 9.68. The zero-order valence-electron chi connectivity index (χ0n) is 19.9. The molecule has 3 rings (SSSR count). The maximum absolute atomic E-state index is 5.53. The van der Waals surface area contributed by atoms with Gasteiger partial charge in [0.2, 0.25) is 0 Å². The number of hydrogen-bond donors (Lipinski definition) is 0. The topological polar surface area (TPSA) is 21.6 Å². The summed E-state index contributed by atoms with van der Waals surface area (Å²) in [5.74, 6) is 4.47. The molecule has 2 fully saturated rings. The van der Waals surface area contributed by atoms with Crippen LogP contribution in [0.2, 0.25) is 0 Å². The van der Waals surface area contributed by atoms with Gasteiger partial charge in [0.05, 0.1) is 12.3 Å². The molecule has 1 aromatic rings. The first-order valence-electron chi connectivity index (χ1n) is 13.0. The lowest BCUT2D eigenvalue weighted by Crippen LogP contribution is -2.25. The quantitative estimate of drug-likeness (QED) is 0.194. The molecule has 2 nitrogen and oxygen atoms in total. The summed E-state index contributed by atoms with van der Waals surface area (Å²) in [4.78, 5) is 4.12. The minimum Gasteiger partial charge on any atom is -0.494 e. The molecular weight excluding hydrogens is 398 g/mol. The van der Waals surface area contributed by atoms with E-state index in [0.717, 1.165) is 29.2 Å². The third-order valence-corrected chi connectivity index (χ3v) is 8.23. The van der Waals surface area contributed by atoms with E-state index in [0.29, 0.717) is 5.92 Å². The van der Waals surface area contributed by atoms with Gasteiger partial charge in [-0.1, -0.05) is 70.8 Å². The second-order valence-electron chi connectivity index (χ2n) is 10.1. The number of thiocarbonyl (C=S) groups is 1. The van der Waals surface area contributed by atoms with Crippen LogP contribution in [-0.4, -0.2) is 12.3 Å². The van der Waals surface area contributed by atoms with Gasteiger partial charge in [0.15, 0.2) is 0 Å². The number of rotatable bonds is 11. The largest absolute Gasteiger partial charge is 0.494 e. The number of nitrogens with zero attached hydrogens (tertiary/aromatic N) is 1. The van der Waals surface area contributed by atoms with E-state index in [4.69, 9.17) is 17.0 Å². The van der Waals surface area contributed by atoms with E-state index in [1.54, 1.807) is 7.11 Å². The highest BCUT2D eigenvalue weighted by atomic mass is 32.1. The Morgan fingerprint density at radius 3 is 2.19 bits per heavy atom. The zero-order chi connectivity index (χ0) is 21.9. The molecule has 0 radical (unpaired) electrons. The molecule has 0 bridgehead atoms. The Hall–Kier alpha value is -1.18. The molecule has 2 saturated carbocycles. The standard InChI is InChI=1S/C28H43NOS/c1-3-4-5-6-7-8-9-22-10-12-23(13-11-22)24-14-16-25(17-15-24)26-18-19-27(29-21-31)28(20-26)30-2/h18-20,22-25H,3-17H2,1-2H3. The molecule has 1 aromatic carbocycles. The van der Waals surface area contributed by atoms with Crippen molar-refractivity contribution in [1.82, 2.24) is 0 Å². The maximum atomic E-state index is 5.53. The van der Waals surface area contributed by atoms with Crippen molar-refractivity contribution in [1.29, 1.82) is 0 Å². The van der Waals surface area contributed by atoms with Crippen LogP contribution in [0.3, 0.4) is 0 Å². The maximum Gasteiger partial charge on any atom is 0.145 e. The molecule has 0 amide bonds. The van der Waals surface area contributed by atoms with Crippen molar-refractivity contribution in [2.24, 2.45) is 22.7 Å². The second-order valence-corrected chi connectivity index (χ2v) is 10.3. The van der Waals surface area contributed by atoms with Crippen LogP contribution in [0.1, 0.15) is 115 Å². The second kappa shape index (κ2) is 13.4. The van der Waals surface area contributed by atoms with E-state index < -0.39 is 0 Å². The van der Waals surface area contributed by atoms with Crippen LogP contribution >= 0.6 is 12.2 Å². The minimum absolute atomic E-state index is 0.666. The van der Waals surface area contributed by atoms with Gasteiger partial charge in [0.25, 0.3) is 0 Å². The number of isothiocyanates is 1. The molecule has 0 heterocycles. The van der Waals surface area contributed by atoms with Crippen LogP contribution in [0.15, 0.2) is 23.2 Å². The van der Waals surface area contributed by atoms with Gasteiger partial charge in [-0.15, -0.1) is 0 Å². The Kier molecular flexibility index (Phi) is 10.6. The monoisotopic (exact) mass is 441 g/mol. The summed E-state index contributed by atoms with van der Waals surface area (Å²) in [6.45, 7) is 2.30. The summed E-state index contributed by atoms with van der Waals surface area (Å²) in [5, 5.41) is 2.45. The Labute approximate surface area is 196 Å². The zero-order valence-corrected chi connectivity index (χ0v) is 20.7. The van der Waals surface area contributed by atoms with Crippen LogP contribution in [-0.2, 0) is 0 Å². The average Bonchev–Trinajstić information content (AvgIpc) is 2.82. The van der Waals surface area contributed by atoms with Crippen LogP contribution in [0.4, 0.5) is 5.69 Å². The van der Waals surface area contributed by atoms with Crippen LogP contribution in [0.25, 0.3) is 0 Å². The lowest BCUT2D eigenvalue weighted by Gasteiger charge is -2.38. The van der Waals surface area contributed by atoms with E-state index in [1.807, 2.05) is 6.07 Å². The number of hydrogen-bond acceptors (Lipinski definition) is 3. The Balaban J connectivity index is 1.38. The van der Waals surface area contributed by atoms with Gasteiger partial charge in [-0.25, -0.2) is 0 Å². The van der Waals surface area contributed by atoms with Crippen molar-refractivity contribution in [3.8, 4) is 5.75 Å². The summed E-state index contributed by atoms with van der Waals surface area (Å²) >= 11 is 4.75. The van der Waals surface area contributed by atoms with Gasteiger partial charge < -0.3 is 4.74 Å². The average molecular weight is 442 g/mol. The normalized spacial score (nSPS) is 26.3. The van der Waals surface area contributed by atoms with Crippen molar-refractivity contribution in [2.45, 2.75) is 109 Å². The third-order valence-electron chi connectivity index (χ3n) is 8.14. The first-order chi connectivity index (χ1) is 15.2. The van der Waals surface area contributed by atoms with E-state index >= 15 is 0 Å². The molecule has 0 aromatic heterocycles. The lowest BCUT2D eigenvalue weighted by molar-refractivity contribution is 0.155. The Morgan fingerprint density at radius 2 is 1.55 bits per heavy atom.